The number of nitrogens with one attached hydrogen (secondary N) is 2. The van der Waals surface area contributed by atoms with E-state index >= 15 is 0 Å². The first kappa shape index (κ1) is 16.0. The number of benzene rings is 1. The van der Waals surface area contributed by atoms with Gasteiger partial charge in [0.15, 0.2) is 0 Å². The van der Waals surface area contributed by atoms with Gasteiger partial charge in [-0.2, -0.15) is 0 Å². The van der Waals surface area contributed by atoms with E-state index in [9.17, 15) is 9.90 Å². The fourth-order valence-electron chi connectivity index (χ4n) is 3.05. The molecule has 3 rings (SSSR count). The Bertz CT molecular complexity index is 645. The highest BCUT2D eigenvalue weighted by Gasteiger charge is 2.25. The molecule has 6 heteroatoms. The van der Waals surface area contributed by atoms with Crippen molar-refractivity contribution in [3.63, 3.8) is 0 Å². The van der Waals surface area contributed by atoms with Crippen LogP contribution in [0.25, 0.3) is 10.6 Å². The Morgan fingerprint density at radius 1 is 1.35 bits per heavy atom. The highest BCUT2D eigenvalue weighted by Crippen LogP contribution is 2.25. The average molecular weight is 331 g/mol. The van der Waals surface area contributed by atoms with Gasteiger partial charge < -0.3 is 15.7 Å². The molecule has 0 radical (unpaired) electrons. The predicted molar refractivity (Wildman–Crippen MR) is 92.5 cm³/mol. The number of hydrogen-bond acceptors (Lipinski definition) is 4. The van der Waals surface area contributed by atoms with Crippen molar-refractivity contribution in [2.24, 2.45) is 5.92 Å². The fraction of sp³-hybridized carbons (Fsp3) is 0.412. The number of aliphatic hydroxyl groups is 1. The summed E-state index contributed by atoms with van der Waals surface area (Å²) in [5.41, 5.74) is 1.73. The zero-order valence-electron chi connectivity index (χ0n) is 12.9. The van der Waals surface area contributed by atoms with E-state index in [0.29, 0.717) is 0 Å². The van der Waals surface area contributed by atoms with Crippen LogP contribution in [0.4, 0.5) is 10.5 Å². The third-order valence-electron chi connectivity index (χ3n) is 4.26. The van der Waals surface area contributed by atoms with E-state index in [4.69, 9.17) is 0 Å². The van der Waals surface area contributed by atoms with E-state index in [-0.39, 0.29) is 24.6 Å². The lowest BCUT2D eigenvalue weighted by molar-refractivity contribution is 0.156. The van der Waals surface area contributed by atoms with Gasteiger partial charge >= 0.3 is 6.03 Å². The molecule has 2 amide bonds. The first-order valence-electron chi connectivity index (χ1n) is 7.94. The minimum absolute atomic E-state index is 0.0518. The molecule has 3 N–H and O–H groups in total. The zero-order chi connectivity index (χ0) is 16.1. The highest BCUT2D eigenvalue weighted by molar-refractivity contribution is 7.13. The lowest BCUT2D eigenvalue weighted by atomic mass is 9.85. The molecule has 1 aliphatic rings. The van der Waals surface area contributed by atoms with Crippen LogP contribution >= 0.6 is 11.3 Å². The van der Waals surface area contributed by atoms with Crippen molar-refractivity contribution in [3.05, 3.63) is 35.8 Å². The zero-order valence-corrected chi connectivity index (χ0v) is 13.7. The summed E-state index contributed by atoms with van der Waals surface area (Å²) < 4.78 is 0. The summed E-state index contributed by atoms with van der Waals surface area (Å²) in [6.07, 6.45) is 5.89. The van der Waals surface area contributed by atoms with Crippen molar-refractivity contribution in [1.82, 2.24) is 10.3 Å². The maximum Gasteiger partial charge on any atom is 0.319 e. The molecule has 0 spiro atoms. The van der Waals surface area contributed by atoms with Crippen molar-refractivity contribution in [2.75, 3.05) is 11.9 Å². The number of nitrogens with zero attached hydrogens (tertiary/aromatic N) is 1. The predicted octanol–water partition coefficient (Wildman–Crippen LogP) is 3.48. The van der Waals surface area contributed by atoms with Crippen LogP contribution in [-0.4, -0.2) is 28.8 Å². The Morgan fingerprint density at radius 2 is 2.22 bits per heavy atom. The standard InChI is InChI=1S/C17H21N3O2S/c21-11-13-4-1-2-7-15(13)20-17(22)19-14-6-3-5-12(10-14)16-18-8-9-23-16/h3,5-6,8-10,13,15,21H,1-2,4,7,11H2,(H2,19,20,22). The third kappa shape index (κ3) is 4.09. The van der Waals surface area contributed by atoms with Gasteiger partial charge in [0, 0.05) is 41.4 Å². The lowest BCUT2D eigenvalue weighted by Crippen LogP contribution is -2.45. The number of carbonyl (C=O) groups is 1. The number of anilines is 1. The molecule has 5 nitrogen and oxygen atoms in total. The first-order chi connectivity index (χ1) is 11.3. The molecule has 2 aromatic rings. The first-order valence-corrected chi connectivity index (χ1v) is 8.82. The van der Waals surface area contributed by atoms with Crippen molar-refractivity contribution in [1.29, 1.82) is 0 Å². The van der Waals surface area contributed by atoms with Crippen LogP contribution in [0.2, 0.25) is 0 Å². The minimum atomic E-state index is -0.216. The number of aliphatic hydroxyl groups excluding tert-OH is 1. The number of hydrogen-bond donors (Lipinski definition) is 3. The van der Waals surface area contributed by atoms with Gasteiger partial charge in [-0.1, -0.05) is 25.0 Å². The quantitative estimate of drug-likeness (QED) is 0.803. The van der Waals surface area contributed by atoms with E-state index in [1.807, 2.05) is 29.6 Å². The van der Waals surface area contributed by atoms with Gasteiger partial charge in [-0.3, -0.25) is 0 Å². The molecule has 1 aromatic carbocycles. The largest absolute Gasteiger partial charge is 0.396 e. The molecule has 2 atom stereocenters. The molecule has 0 saturated heterocycles. The summed E-state index contributed by atoms with van der Waals surface area (Å²) in [6, 6.07) is 7.50. The second-order valence-electron chi connectivity index (χ2n) is 5.85. The Morgan fingerprint density at radius 3 is 3.00 bits per heavy atom. The van der Waals surface area contributed by atoms with Crippen molar-refractivity contribution in [2.45, 2.75) is 31.7 Å². The van der Waals surface area contributed by atoms with Crippen LogP contribution < -0.4 is 10.6 Å². The van der Waals surface area contributed by atoms with Gasteiger partial charge in [-0.15, -0.1) is 11.3 Å². The molecule has 122 valence electrons. The van der Waals surface area contributed by atoms with Crippen LogP contribution in [0.5, 0.6) is 0 Å². The molecule has 2 unspecified atom stereocenters. The Labute approximate surface area is 139 Å². The monoisotopic (exact) mass is 331 g/mol. The lowest BCUT2D eigenvalue weighted by Gasteiger charge is -2.30. The van der Waals surface area contributed by atoms with Gasteiger partial charge in [-0.25, -0.2) is 9.78 Å². The normalized spacial score (nSPS) is 20.9. The van der Waals surface area contributed by atoms with Crippen LogP contribution in [0.3, 0.4) is 0 Å². The smallest absolute Gasteiger partial charge is 0.319 e. The van der Waals surface area contributed by atoms with Gasteiger partial charge in [0.1, 0.15) is 5.01 Å². The summed E-state index contributed by atoms with van der Waals surface area (Å²) >= 11 is 1.57. The molecule has 1 aliphatic carbocycles. The van der Waals surface area contributed by atoms with Crippen LogP contribution in [0, 0.1) is 5.92 Å². The van der Waals surface area contributed by atoms with E-state index in [2.05, 4.69) is 15.6 Å². The van der Waals surface area contributed by atoms with Gasteiger partial charge in [-0.05, 0) is 25.0 Å². The number of thiazole rings is 1. The van der Waals surface area contributed by atoms with Crippen molar-refractivity contribution in [3.8, 4) is 10.6 Å². The Balaban J connectivity index is 1.62. The number of carbonyl (C=O) groups excluding carboxylic acids is 1. The maximum absolute atomic E-state index is 12.2. The van der Waals surface area contributed by atoms with E-state index in [1.54, 1.807) is 17.5 Å². The highest BCUT2D eigenvalue weighted by atomic mass is 32.1. The van der Waals surface area contributed by atoms with E-state index < -0.39 is 0 Å². The number of rotatable bonds is 4. The van der Waals surface area contributed by atoms with Crippen molar-refractivity contribution >= 4 is 23.1 Å². The molecule has 23 heavy (non-hydrogen) atoms. The summed E-state index contributed by atoms with van der Waals surface area (Å²) in [6.45, 7) is 0.129. The van der Waals surface area contributed by atoms with Crippen molar-refractivity contribution < 1.29 is 9.90 Å². The van der Waals surface area contributed by atoms with E-state index in [0.717, 1.165) is 41.9 Å². The summed E-state index contributed by atoms with van der Waals surface area (Å²) in [7, 11) is 0. The third-order valence-corrected chi connectivity index (χ3v) is 5.08. The average Bonchev–Trinajstić information content (AvgIpc) is 3.10. The summed E-state index contributed by atoms with van der Waals surface area (Å²) in [5, 5.41) is 18.2. The Kier molecular flexibility index (Phi) is 5.25. The summed E-state index contributed by atoms with van der Waals surface area (Å²) in [4.78, 5) is 16.5. The molecule has 0 bridgehead atoms. The Hall–Kier alpha value is -1.92. The topological polar surface area (TPSA) is 74.2 Å². The van der Waals surface area contributed by atoms with Crippen LogP contribution in [-0.2, 0) is 0 Å². The number of amides is 2. The molecule has 1 aromatic heterocycles. The van der Waals surface area contributed by atoms with Gasteiger partial charge in [0.2, 0.25) is 0 Å². The van der Waals surface area contributed by atoms with Gasteiger partial charge in [0.25, 0.3) is 0 Å². The number of aromatic nitrogens is 1. The second kappa shape index (κ2) is 7.57. The summed E-state index contributed by atoms with van der Waals surface area (Å²) in [5.74, 6) is 0.163. The molecule has 1 heterocycles. The van der Waals surface area contributed by atoms with Gasteiger partial charge in [0.05, 0.1) is 0 Å². The molecular weight excluding hydrogens is 310 g/mol. The minimum Gasteiger partial charge on any atom is -0.396 e. The van der Waals surface area contributed by atoms with Crippen LogP contribution in [0.15, 0.2) is 35.8 Å². The fourth-order valence-corrected chi connectivity index (χ4v) is 3.68. The molecule has 1 fully saturated rings. The molecule has 0 aliphatic heterocycles. The second-order valence-corrected chi connectivity index (χ2v) is 6.74. The molecule has 1 saturated carbocycles. The van der Waals surface area contributed by atoms with Crippen LogP contribution in [0.1, 0.15) is 25.7 Å². The molecular formula is C17H21N3O2S. The van der Waals surface area contributed by atoms with E-state index in [1.165, 1.54) is 0 Å². The number of urea groups is 1. The SMILES string of the molecule is O=C(Nc1cccc(-c2nccs2)c1)NC1CCCCC1CO. The maximum atomic E-state index is 12.2.